The van der Waals surface area contributed by atoms with Crippen LogP contribution >= 0.6 is 15.9 Å². The molecule has 1 unspecified atom stereocenters. The average molecular weight is 298 g/mol. The first-order valence-electron chi connectivity index (χ1n) is 5.22. The number of urea groups is 1. The van der Waals surface area contributed by atoms with E-state index in [9.17, 15) is 4.79 Å². The van der Waals surface area contributed by atoms with Crippen LogP contribution in [0, 0.1) is 0 Å². The third-order valence-corrected chi connectivity index (χ3v) is 2.56. The Bertz CT molecular complexity index is 403. The van der Waals surface area contributed by atoms with E-state index in [2.05, 4.69) is 40.1 Å². The Morgan fingerprint density at radius 3 is 2.53 bits per heavy atom. The Morgan fingerprint density at radius 1 is 1.47 bits per heavy atom. The lowest BCUT2D eigenvalue weighted by Crippen LogP contribution is -2.20. The molecule has 1 aromatic carbocycles. The molecule has 1 aromatic rings. The van der Waals surface area contributed by atoms with E-state index in [1.54, 1.807) is 0 Å². The lowest BCUT2D eigenvalue weighted by Gasteiger charge is -2.14. The quantitative estimate of drug-likeness (QED) is 0.782. The molecule has 0 saturated heterocycles. The Hall–Kier alpha value is -1.33. The first kappa shape index (κ1) is 13.7. The number of carbonyl (C=O) groups is 1. The molecule has 0 radical (unpaired) electrons. The van der Waals surface area contributed by atoms with Gasteiger partial charge < -0.3 is 16.4 Å². The predicted octanol–water partition coefficient (Wildman–Crippen LogP) is 2.74. The lowest BCUT2D eigenvalue weighted by molar-refractivity contribution is 0.259. The van der Waals surface area contributed by atoms with E-state index in [0.717, 1.165) is 10.0 Å². The molecule has 5 heteroatoms. The van der Waals surface area contributed by atoms with Gasteiger partial charge in [-0.1, -0.05) is 34.6 Å². The fraction of sp³-hybridized carbons (Fsp3) is 0.250. The van der Waals surface area contributed by atoms with Crippen LogP contribution in [0.25, 0.3) is 0 Å². The average Bonchev–Trinajstić information content (AvgIpc) is 2.26. The van der Waals surface area contributed by atoms with Crippen LogP contribution < -0.4 is 16.4 Å². The summed E-state index contributed by atoms with van der Waals surface area (Å²) < 4.78 is 0.913. The van der Waals surface area contributed by atoms with Gasteiger partial charge in [0.25, 0.3) is 0 Å². The number of halogens is 1. The minimum Gasteiger partial charge on any atom is -0.351 e. The number of anilines is 1. The molecule has 4 nitrogen and oxygen atoms in total. The smallest absolute Gasteiger partial charge is 0.316 e. The molecule has 0 aromatic heterocycles. The molecule has 0 saturated carbocycles. The van der Waals surface area contributed by atoms with Gasteiger partial charge in [-0.05, 0) is 24.6 Å². The van der Waals surface area contributed by atoms with E-state index in [1.165, 1.54) is 0 Å². The maximum Gasteiger partial charge on any atom is 0.316 e. The highest BCUT2D eigenvalue weighted by Crippen LogP contribution is 2.16. The number of nitrogens with one attached hydrogen (secondary N) is 2. The number of primary amides is 1. The molecule has 0 fully saturated rings. The first-order valence-corrected chi connectivity index (χ1v) is 6.01. The van der Waals surface area contributed by atoms with E-state index < -0.39 is 6.03 Å². The van der Waals surface area contributed by atoms with Crippen molar-refractivity contribution in [1.29, 1.82) is 0 Å². The molecule has 0 aliphatic carbocycles. The predicted molar refractivity (Wildman–Crippen MR) is 74.1 cm³/mol. The summed E-state index contributed by atoms with van der Waals surface area (Å²) in [6.07, 6.45) is 0. The third kappa shape index (κ3) is 5.01. The van der Waals surface area contributed by atoms with Gasteiger partial charge in [0.1, 0.15) is 0 Å². The van der Waals surface area contributed by atoms with Gasteiger partial charge in [-0.15, -0.1) is 0 Å². The van der Waals surface area contributed by atoms with Gasteiger partial charge in [-0.3, -0.25) is 0 Å². The van der Waals surface area contributed by atoms with Crippen molar-refractivity contribution in [3.63, 3.8) is 0 Å². The summed E-state index contributed by atoms with van der Waals surface area (Å²) in [5, 5.41) is 5.82. The third-order valence-electron chi connectivity index (χ3n) is 2.28. The van der Waals surface area contributed by atoms with Crippen LogP contribution in [0.3, 0.4) is 0 Å². The monoisotopic (exact) mass is 297 g/mol. The van der Waals surface area contributed by atoms with Crippen LogP contribution in [0.1, 0.15) is 18.5 Å². The van der Waals surface area contributed by atoms with E-state index in [0.29, 0.717) is 12.2 Å². The summed E-state index contributed by atoms with van der Waals surface area (Å²) in [4.78, 5) is 10.6. The minimum atomic E-state index is -0.556. The van der Waals surface area contributed by atoms with Gasteiger partial charge in [0.2, 0.25) is 0 Å². The van der Waals surface area contributed by atoms with Crippen molar-refractivity contribution in [2.24, 2.45) is 5.73 Å². The Kier molecular flexibility index (Phi) is 5.18. The van der Waals surface area contributed by atoms with Gasteiger partial charge in [-0.2, -0.15) is 0 Å². The van der Waals surface area contributed by atoms with E-state index >= 15 is 0 Å². The topological polar surface area (TPSA) is 67.2 Å². The lowest BCUT2D eigenvalue weighted by atomic mass is 10.1. The Balaban J connectivity index is 2.60. The number of hydrogen-bond acceptors (Lipinski definition) is 2. The number of hydrogen-bond donors (Lipinski definition) is 3. The second-order valence-corrected chi connectivity index (χ2v) is 4.85. The van der Waals surface area contributed by atoms with Gasteiger partial charge in [0.15, 0.2) is 0 Å². The maximum atomic E-state index is 10.6. The van der Waals surface area contributed by atoms with E-state index in [4.69, 9.17) is 5.73 Å². The number of benzene rings is 1. The molecular weight excluding hydrogens is 282 g/mol. The van der Waals surface area contributed by atoms with Gasteiger partial charge >= 0.3 is 6.03 Å². The Morgan fingerprint density at radius 2 is 2.06 bits per heavy atom. The highest BCUT2D eigenvalue weighted by Gasteiger charge is 2.04. The van der Waals surface area contributed by atoms with Crippen molar-refractivity contribution >= 4 is 27.6 Å². The maximum absolute atomic E-state index is 10.6. The first-order chi connectivity index (χ1) is 7.99. The van der Waals surface area contributed by atoms with E-state index in [-0.39, 0.29) is 6.04 Å². The van der Waals surface area contributed by atoms with Crippen molar-refractivity contribution in [2.75, 3.05) is 11.9 Å². The second-order valence-electron chi connectivity index (χ2n) is 3.73. The van der Waals surface area contributed by atoms with Crippen LogP contribution in [0.15, 0.2) is 35.3 Å². The van der Waals surface area contributed by atoms with Crippen molar-refractivity contribution < 1.29 is 4.79 Å². The molecule has 4 N–H and O–H groups in total. The zero-order valence-electron chi connectivity index (χ0n) is 9.66. The van der Waals surface area contributed by atoms with Crippen molar-refractivity contribution in [1.82, 2.24) is 5.32 Å². The van der Waals surface area contributed by atoms with Gasteiger partial charge in [-0.25, -0.2) is 4.79 Å². The second kappa shape index (κ2) is 6.42. The molecule has 1 atom stereocenters. The molecule has 0 aliphatic rings. The van der Waals surface area contributed by atoms with Crippen LogP contribution in [-0.2, 0) is 0 Å². The zero-order chi connectivity index (χ0) is 12.8. The van der Waals surface area contributed by atoms with Crippen molar-refractivity contribution in [2.45, 2.75) is 13.0 Å². The molecule has 0 bridgehead atoms. The van der Waals surface area contributed by atoms with Crippen LogP contribution in [0.2, 0.25) is 0 Å². The number of carbonyl (C=O) groups excluding carboxylic acids is 1. The van der Waals surface area contributed by atoms with Crippen LogP contribution in [-0.4, -0.2) is 12.6 Å². The van der Waals surface area contributed by atoms with Crippen molar-refractivity contribution in [3.8, 4) is 0 Å². The molecule has 0 heterocycles. The largest absolute Gasteiger partial charge is 0.351 e. The molecule has 0 aliphatic heterocycles. The fourth-order valence-electron chi connectivity index (χ4n) is 1.38. The molecular formula is C12H16BrN3O. The fourth-order valence-corrected chi connectivity index (χ4v) is 1.54. The number of nitrogens with two attached hydrogens (primary N) is 1. The summed E-state index contributed by atoms with van der Waals surface area (Å²) >= 11 is 3.30. The summed E-state index contributed by atoms with van der Waals surface area (Å²) in [7, 11) is 0. The standard InChI is InChI=1S/C12H16BrN3O/c1-8(13)7-15-9(2)10-3-5-11(6-4-10)16-12(14)17/h3-6,9,15H,1,7H2,2H3,(H3,14,16,17). The van der Waals surface area contributed by atoms with Gasteiger partial charge in [0.05, 0.1) is 0 Å². The SMILES string of the molecule is C=C(Br)CNC(C)c1ccc(NC(N)=O)cc1. The zero-order valence-corrected chi connectivity index (χ0v) is 11.3. The summed E-state index contributed by atoms with van der Waals surface area (Å²) in [6.45, 7) is 6.53. The minimum absolute atomic E-state index is 0.215. The molecule has 92 valence electrons. The Labute approximate surface area is 109 Å². The van der Waals surface area contributed by atoms with Gasteiger partial charge in [0, 0.05) is 22.8 Å². The normalized spacial score (nSPS) is 11.9. The summed E-state index contributed by atoms with van der Waals surface area (Å²) in [6, 6.07) is 7.19. The summed E-state index contributed by atoms with van der Waals surface area (Å²) in [5.41, 5.74) is 6.85. The molecule has 2 amide bonds. The molecule has 1 rings (SSSR count). The highest BCUT2D eigenvalue weighted by atomic mass is 79.9. The number of amides is 2. The number of rotatable bonds is 5. The molecule has 0 spiro atoms. The summed E-state index contributed by atoms with van der Waals surface area (Å²) in [5.74, 6) is 0. The van der Waals surface area contributed by atoms with Crippen LogP contribution in [0.4, 0.5) is 10.5 Å². The van der Waals surface area contributed by atoms with Crippen LogP contribution in [0.5, 0.6) is 0 Å². The van der Waals surface area contributed by atoms with Crippen molar-refractivity contribution in [3.05, 3.63) is 40.9 Å². The van der Waals surface area contributed by atoms with E-state index in [1.807, 2.05) is 24.3 Å². The highest BCUT2D eigenvalue weighted by molar-refractivity contribution is 9.11. The molecule has 17 heavy (non-hydrogen) atoms.